The minimum absolute atomic E-state index is 0.0163. The summed E-state index contributed by atoms with van der Waals surface area (Å²) >= 11 is 0.570. The van der Waals surface area contributed by atoms with Crippen molar-refractivity contribution in [2.75, 3.05) is 44.5 Å². The van der Waals surface area contributed by atoms with Gasteiger partial charge in [0.05, 0.1) is 29.5 Å². The van der Waals surface area contributed by atoms with Crippen LogP contribution >= 0.6 is 11.3 Å². The summed E-state index contributed by atoms with van der Waals surface area (Å²) in [6.07, 6.45) is -9.20. The molecule has 0 radical (unpaired) electrons. The molecular weight excluding hydrogens is 671 g/mol. The van der Waals surface area contributed by atoms with Crippen LogP contribution in [0.15, 0.2) is 54.6 Å². The minimum atomic E-state index is -5.07. The van der Waals surface area contributed by atoms with Gasteiger partial charge < -0.3 is 25.0 Å². The van der Waals surface area contributed by atoms with Crippen molar-refractivity contribution in [2.45, 2.75) is 24.7 Å². The zero-order valence-corrected chi connectivity index (χ0v) is 26.0. The zero-order chi connectivity index (χ0) is 35.0. The Morgan fingerprint density at radius 1 is 0.917 bits per heavy atom. The molecule has 1 atom stereocenters. The smallest absolute Gasteiger partial charge is 0.419 e. The van der Waals surface area contributed by atoms with E-state index in [-0.39, 0.29) is 50.4 Å². The number of nitrogens with one attached hydrogen (secondary N) is 2. The van der Waals surface area contributed by atoms with E-state index in [1.54, 1.807) is 23.1 Å². The molecule has 1 saturated heterocycles. The Morgan fingerprint density at radius 3 is 2.33 bits per heavy atom. The SMILES string of the molecule is COCC(=O)N1CCC(c2ccc(OC)c(C(=O)Nc3c(C(=O)Nc4ccc(F)c(C(F)(F)F)c4)sc4cc(C(F)(F)F)ccc34)c2)C1. The molecule has 1 fully saturated rings. The van der Waals surface area contributed by atoms with E-state index >= 15 is 0 Å². The molecule has 2 N–H and O–H groups in total. The fourth-order valence-electron chi connectivity index (χ4n) is 5.38. The summed E-state index contributed by atoms with van der Waals surface area (Å²) in [6, 6.07) is 9.23. The monoisotopic (exact) mass is 697 g/mol. The van der Waals surface area contributed by atoms with Crippen LogP contribution < -0.4 is 15.4 Å². The van der Waals surface area contributed by atoms with Crippen LogP contribution in [0.1, 0.15) is 49.1 Å². The number of carbonyl (C=O) groups excluding carboxylic acids is 3. The molecule has 1 aromatic heterocycles. The van der Waals surface area contributed by atoms with Crippen LogP contribution in [0, 0.1) is 5.82 Å². The molecule has 0 bridgehead atoms. The second-order valence-electron chi connectivity index (χ2n) is 10.8. The molecule has 16 heteroatoms. The summed E-state index contributed by atoms with van der Waals surface area (Å²) in [6.45, 7) is 0.761. The van der Waals surface area contributed by atoms with Crippen molar-refractivity contribution in [1.82, 2.24) is 4.90 Å². The standard InChI is InChI=1S/C32H26F7N3O5S/c1-46-15-26(43)42-10-9-17(14-42)16-3-8-24(47-2)21(11-16)29(44)41-27-20-6-4-18(31(34,35)36)12-25(20)48-28(27)30(45)40-19-5-7-23(33)22(13-19)32(37,38)39/h3-8,11-13,17H,9-10,14-15H2,1-2H3,(H,40,45)(H,41,44). The molecule has 4 aromatic rings. The molecule has 0 aliphatic carbocycles. The summed E-state index contributed by atoms with van der Waals surface area (Å²) in [5.41, 5.74) is -2.59. The number of hydrogen-bond donors (Lipinski definition) is 2. The van der Waals surface area contributed by atoms with Gasteiger partial charge in [-0.05, 0) is 54.4 Å². The van der Waals surface area contributed by atoms with Crippen LogP contribution in [0.5, 0.6) is 5.75 Å². The maximum absolute atomic E-state index is 13.8. The summed E-state index contributed by atoms with van der Waals surface area (Å²) in [4.78, 5) is 40.8. The van der Waals surface area contributed by atoms with E-state index in [1.807, 2.05) is 0 Å². The van der Waals surface area contributed by atoms with Gasteiger partial charge in [-0.15, -0.1) is 11.3 Å². The van der Waals surface area contributed by atoms with Gasteiger partial charge in [0.1, 0.15) is 23.1 Å². The van der Waals surface area contributed by atoms with E-state index in [1.165, 1.54) is 14.2 Å². The highest BCUT2D eigenvalue weighted by Gasteiger charge is 2.35. The Labute approximate surface area is 272 Å². The molecule has 48 heavy (non-hydrogen) atoms. The largest absolute Gasteiger partial charge is 0.496 e. The second-order valence-corrected chi connectivity index (χ2v) is 11.9. The highest BCUT2D eigenvalue weighted by atomic mass is 32.1. The first-order valence-electron chi connectivity index (χ1n) is 14.2. The van der Waals surface area contributed by atoms with Crippen molar-refractivity contribution in [3.8, 4) is 5.75 Å². The number of anilines is 2. The number of nitrogens with zero attached hydrogens (tertiary/aromatic N) is 1. The van der Waals surface area contributed by atoms with Crippen molar-refractivity contribution in [3.05, 3.63) is 87.5 Å². The summed E-state index contributed by atoms with van der Waals surface area (Å²) in [7, 11) is 2.73. The predicted octanol–water partition coefficient (Wildman–Crippen LogP) is 7.55. The fourth-order valence-corrected chi connectivity index (χ4v) is 6.47. The van der Waals surface area contributed by atoms with E-state index in [9.17, 15) is 45.1 Å². The molecular formula is C32H26F7N3O5S. The molecule has 2 heterocycles. The lowest BCUT2D eigenvalue weighted by Gasteiger charge is -2.17. The first kappa shape index (κ1) is 34.6. The van der Waals surface area contributed by atoms with Crippen molar-refractivity contribution in [2.24, 2.45) is 0 Å². The molecule has 0 spiro atoms. The highest BCUT2D eigenvalue weighted by Crippen LogP contribution is 2.41. The Morgan fingerprint density at radius 2 is 1.67 bits per heavy atom. The zero-order valence-electron chi connectivity index (χ0n) is 25.1. The van der Waals surface area contributed by atoms with Crippen LogP contribution in [-0.2, 0) is 21.9 Å². The third kappa shape index (κ3) is 7.23. The van der Waals surface area contributed by atoms with Gasteiger partial charge in [-0.25, -0.2) is 4.39 Å². The number of methoxy groups -OCH3 is 2. The number of hydrogen-bond acceptors (Lipinski definition) is 6. The quantitative estimate of drug-likeness (QED) is 0.186. The maximum Gasteiger partial charge on any atom is 0.419 e. The van der Waals surface area contributed by atoms with Gasteiger partial charge in [-0.2, -0.15) is 26.3 Å². The number of fused-ring (bicyclic) bond motifs is 1. The average Bonchev–Trinajstić information content (AvgIpc) is 3.66. The Hall–Kier alpha value is -4.70. The molecule has 3 aromatic carbocycles. The fraction of sp³-hybridized carbons (Fsp3) is 0.281. The van der Waals surface area contributed by atoms with Crippen molar-refractivity contribution in [3.63, 3.8) is 0 Å². The number of rotatable bonds is 8. The van der Waals surface area contributed by atoms with Gasteiger partial charge in [0, 0.05) is 41.9 Å². The van der Waals surface area contributed by atoms with Gasteiger partial charge >= 0.3 is 12.4 Å². The highest BCUT2D eigenvalue weighted by molar-refractivity contribution is 7.21. The summed E-state index contributed by atoms with van der Waals surface area (Å²) in [5.74, 6) is -3.62. The molecule has 5 rings (SSSR count). The number of halogens is 7. The molecule has 1 aliphatic rings. The van der Waals surface area contributed by atoms with E-state index in [0.29, 0.717) is 48.5 Å². The van der Waals surface area contributed by atoms with Gasteiger partial charge in [0.25, 0.3) is 11.8 Å². The van der Waals surface area contributed by atoms with Crippen molar-refractivity contribution >= 4 is 50.5 Å². The topological polar surface area (TPSA) is 97.0 Å². The van der Waals surface area contributed by atoms with Crippen molar-refractivity contribution < 1.29 is 54.6 Å². The second kappa shape index (κ2) is 13.4. The number of thiophene rings is 1. The minimum Gasteiger partial charge on any atom is -0.496 e. The molecule has 1 aliphatic heterocycles. The molecule has 1 unspecified atom stereocenters. The number of carbonyl (C=O) groups is 3. The first-order chi connectivity index (χ1) is 22.6. The summed E-state index contributed by atoms with van der Waals surface area (Å²) in [5, 5.41) is 4.85. The number of amides is 3. The van der Waals surface area contributed by atoms with Gasteiger partial charge in [-0.1, -0.05) is 12.1 Å². The first-order valence-corrected chi connectivity index (χ1v) is 15.0. The van der Waals surface area contributed by atoms with Crippen LogP contribution in [-0.4, -0.2) is 56.5 Å². The van der Waals surface area contributed by atoms with Crippen LogP contribution in [0.2, 0.25) is 0 Å². The number of likely N-dealkylation sites (tertiary alicyclic amines) is 1. The lowest BCUT2D eigenvalue weighted by molar-refractivity contribution is -0.140. The lowest BCUT2D eigenvalue weighted by atomic mass is 9.96. The van der Waals surface area contributed by atoms with Crippen LogP contribution in [0.3, 0.4) is 0 Å². The third-order valence-electron chi connectivity index (χ3n) is 7.74. The van der Waals surface area contributed by atoms with Gasteiger partial charge in [0.2, 0.25) is 5.91 Å². The normalized spacial score (nSPS) is 15.1. The van der Waals surface area contributed by atoms with E-state index in [4.69, 9.17) is 9.47 Å². The number of benzene rings is 3. The van der Waals surface area contributed by atoms with E-state index in [2.05, 4.69) is 10.6 Å². The van der Waals surface area contributed by atoms with Gasteiger partial charge in [-0.3, -0.25) is 14.4 Å². The Kier molecular flexibility index (Phi) is 9.69. The van der Waals surface area contributed by atoms with E-state index < -0.39 is 46.8 Å². The van der Waals surface area contributed by atoms with Gasteiger partial charge in [0.15, 0.2) is 0 Å². The molecule has 254 valence electrons. The number of ether oxygens (including phenoxy) is 2. The van der Waals surface area contributed by atoms with Crippen LogP contribution in [0.25, 0.3) is 10.1 Å². The third-order valence-corrected chi connectivity index (χ3v) is 8.89. The molecule has 0 saturated carbocycles. The van der Waals surface area contributed by atoms with Crippen molar-refractivity contribution in [1.29, 1.82) is 0 Å². The predicted molar refractivity (Wildman–Crippen MR) is 163 cm³/mol. The van der Waals surface area contributed by atoms with E-state index in [0.717, 1.165) is 24.3 Å². The van der Waals surface area contributed by atoms with Crippen LogP contribution in [0.4, 0.5) is 42.1 Å². The average molecular weight is 698 g/mol. The Bertz CT molecular complexity index is 1890. The Balaban J connectivity index is 1.51. The summed E-state index contributed by atoms with van der Waals surface area (Å²) < 4.78 is 104. The number of alkyl halides is 6. The lowest BCUT2D eigenvalue weighted by Crippen LogP contribution is -2.31. The molecule has 8 nitrogen and oxygen atoms in total. The molecule has 3 amide bonds. The maximum atomic E-state index is 13.8.